The number of benzene rings is 3. The van der Waals surface area contributed by atoms with Crippen molar-refractivity contribution in [1.29, 1.82) is 0 Å². The summed E-state index contributed by atoms with van der Waals surface area (Å²) in [5.74, 6) is -0.352. The number of hydrogen-bond acceptors (Lipinski definition) is 2. The molecule has 0 fully saturated rings. The normalized spacial score (nSPS) is 10.4. The number of para-hydroxylation sites is 1. The van der Waals surface area contributed by atoms with Crippen molar-refractivity contribution in [2.75, 3.05) is 4.90 Å². The van der Waals surface area contributed by atoms with Crippen LogP contribution in [-0.2, 0) is 22.4 Å². The van der Waals surface area contributed by atoms with Crippen molar-refractivity contribution in [3.05, 3.63) is 102 Å². The first-order chi connectivity index (χ1) is 13.2. The van der Waals surface area contributed by atoms with E-state index in [4.69, 9.17) is 0 Å². The van der Waals surface area contributed by atoms with Gasteiger partial charge in [-0.3, -0.25) is 14.5 Å². The van der Waals surface area contributed by atoms with Crippen molar-refractivity contribution in [1.82, 2.24) is 0 Å². The van der Waals surface area contributed by atoms with Gasteiger partial charge < -0.3 is 0 Å². The lowest BCUT2D eigenvalue weighted by Crippen LogP contribution is -2.38. The van der Waals surface area contributed by atoms with Gasteiger partial charge >= 0.3 is 0 Å². The summed E-state index contributed by atoms with van der Waals surface area (Å²) in [6.07, 6.45) is 2.08. The molecule has 2 amide bonds. The summed E-state index contributed by atoms with van der Waals surface area (Å²) in [6.45, 7) is 0. The Labute approximate surface area is 160 Å². The Kier molecular flexibility index (Phi) is 6.53. The van der Waals surface area contributed by atoms with E-state index in [2.05, 4.69) is 12.1 Å². The molecule has 3 nitrogen and oxygen atoms in total. The topological polar surface area (TPSA) is 37.4 Å². The van der Waals surface area contributed by atoms with Gasteiger partial charge in [0.25, 0.3) is 0 Å². The zero-order valence-electron chi connectivity index (χ0n) is 15.3. The molecular weight excluding hydrogens is 334 g/mol. The van der Waals surface area contributed by atoms with Crippen molar-refractivity contribution >= 4 is 17.5 Å². The second-order valence-electron chi connectivity index (χ2n) is 6.46. The molecule has 27 heavy (non-hydrogen) atoms. The quantitative estimate of drug-likeness (QED) is 0.608. The second-order valence-corrected chi connectivity index (χ2v) is 6.46. The molecule has 0 atom stereocenters. The molecule has 0 aliphatic heterocycles. The van der Waals surface area contributed by atoms with E-state index in [0.29, 0.717) is 18.5 Å². The van der Waals surface area contributed by atoms with Crippen molar-refractivity contribution in [2.45, 2.75) is 25.7 Å². The summed E-state index contributed by atoms with van der Waals surface area (Å²) < 4.78 is 0. The van der Waals surface area contributed by atoms with Gasteiger partial charge in [0.15, 0.2) is 0 Å². The van der Waals surface area contributed by atoms with E-state index in [-0.39, 0.29) is 18.2 Å². The minimum absolute atomic E-state index is 0.155. The minimum Gasteiger partial charge on any atom is -0.274 e. The molecule has 136 valence electrons. The molecular formula is C24H23NO2. The monoisotopic (exact) mass is 357 g/mol. The predicted molar refractivity (Wildman–Crippen MR) is 108 cm³/mol. The number of imide groups is 1. The lowest BCUT2D eigenvalue weighted by atomic mass is 10.1. The molecule has 0 saturated carbocycles. The van der Waals surface area contributed by atoms with E-state index in [0.717, 1.165) is 12.0 Å². The Balaban J connectivity index is 1.69. The highest BCUT2D eigenvalue weighted by Crippen LogP contribution is 2.18. The number of anilines is 1. The van der Waals surface area contributed by atoms with E-state index < -0.39 is 0 Å². The summed E-state index contributed by atoms with van der Waals surface area (Å²) in [5.41, 5.74) is 2.73. The van der Waals surface area contributed by atoms with Crippen molar-refractivity contribution < 1.29 is 9.59 Å². The maximum atomic E-state index is 12.9. The third-order valence-electron chi connectivity index (χ3n) is 4.41. The predicted octanol–water partition coefficient (Wildman–Crippen LogP) is 4.81. The molecule has 0 heterocycles. The Morgan fingerprint density at radius 3 is 1.74 bits per heavy atom. The van der Waals surface area contributed by atoms with Gasteiger partial charge in [-0.05, 0) is 36.1 Å². The van der Waals surface area contributed by atoms with Crippen LogP contribution in [0.3, 0.4) is 0 Å². The number of aryl methyl sites for hydroxylation is 1. The van der Waals surface area contributed by atoms with Crippen LogP contribution < -0.4 is 4.90 Å². The largest absolute Gasteiger partial charge is 0.274 e. The highest BCUT2D eigenvalue weighted by Gasteiger charge is 2.23. The molecule has 3 heteroatoms. The average Bonchev–Trinajstić information content (AvgIpc) is 2.70. The fourth-order valence-electron chi connectivity index (χ4n) is 3.05. The lowest BCUT2D eigenvalue weighted by Gasteiger charge is -2.21. The number of hydrogen-bond donors (Lipinski definition) is 0. The molecule has 0 aromatic heterocycles. The van der Waals surface area contributed by atoms with E-state index in [1.54, 1.807) is 12.1 Å². The summed E-state index contributed by atoms with van der Waals surface area (Å²) in [7, 11) is 0. The van der Waals surface area contributed by atoms with Crippen LogP contribution in [0.25, 0.3) is 0 Å². The van der Waals surface area contributed by atoms with Crippen LogP contribution in [0.4, 0.5) is 5.69 Å². The smallest absolute Gasteiger partial charge is 0.238 e. The SMILES string of the molecule is O=C(CCCc1ccccc1)N(C(=O)Cc1ccccc1)c1ccccc1. The van der Waals surface area contributed by atoms with Crippen LogP contribution in [0, 0.1) is 0 Å². The van der Waals surface area contributed by atoms with Crippen LogP contribution in [-0.4, -0.2) is 11.8 Å². The van der Waals surface area contributed by atoms with Gasteiger partial charge in [0.2, 0.25) is 11.8 Å². The zero-order chi connectivity index (χ0) is 18.9. The van der Waals surface area contributed by atoms with Crippen LogP contribution in [0.2, 0.25) is 0 Å². The fourth-order valence-corrected chi connectivity index (χ4v) is 3.05. The molecule has 0 N–H and O–H groups in total. The van der Waals surface area contributed by atoms with Gasteiger partial charge in [0, 0.05) is 6.42 Å². The minimum atomic E-state index is -0.197. The first kappa shape index (κ1) is 18.6. The molecule has 0 bridgehead atoms. The third-order valence-corrected chi connectivity index (χ3v) is 4.41. The van der Waals surface area contributed by atoms with Crippen LogP contribution >= 0.6 is 0 Å². The molecule has 0 saturated heterocycles. The Bertz CT molecular complexity index is 861. The van der Waals surface area contributed by atoms with Gasteiger partial charge in [-0.1, -0.05) is 78.9 Å². The maximum absolute atomic E-state index is 12.9. The first-order valence-corrected chi connectivity index (χ1v) is 9.23. The highest BCUT2D eigenvalue weighted by molar-refractivity contribution is 6.15. The summed E-state index contributed by atoms with van der Waals surface area (Å²) in [4.78, 5) is 27.1. The molecule has 0 aliphatic carbocycles. The number of rotatable bonds is 7. The van der Waals surface area contributed by atoms with Crippen LogP contribution in [0.1, 0.15) is 24.0 Å². The summed E-state index contributed by atoms with van der Waals surface area (Å²) >= 11 is 0. The molecule has 0 radical (unpaired) electrons. The van der Waals surface area contributed by atoms with E-state index in [9.17, 15) is 9.59 Å². The van der Waals surface area contributed by atoms with Crippen molar-refractivity contribution in [3.8, 4) is 0 Å². The summed E-state index contributed by atoms with van der Waals surface area (Å²) in [5, 5.41) is 0. The van der Waals surface area contributed by atoms with Crippen molar-refractivity contribution in [2.24, 2.45) is 0 Å². The molecule has 3 aromatic carbocycles. The molecule has 0 aliphatic rings. The van der Waals surface area contributed by atoms with Crippen molar-refractivity contribution in [3.63, 3.8) is 0 Å². The zero-order valence-corrected chi connectivity index (χ0v) is 15.3. The Morgan fingerprint density at radius 1 is 0.630 bits per heavy atom. The number of nitrogens with zero attached hydrogens (tertiary/aromatic N) is 1. The first-order valence-electron chi connectivity index (χ1n) is 9.23. The van der Waals surface area contributed by atoms with Gasteiger partial charge in [0.05, 0.1) is 12.1 Å². The third kappa shape index (κ3) is 5.38. The van der Waals surface area contributed by atoms with E-state index in [1.165, 1.54) is 10.5 Å². The number of carbonyl (C=O) groups excluding carboxylic acids is 2. The van der Waals surface area contributed by atoms with Gasteiger partial charge in [-0.2, -0.15) is 0 Å². The molecule has 3 rings (SSSR count). The number of carbonyl (C=O) groups is 2. The average molecular weight is 357 g/mol. The van der Waals surface area contributed by atoms with Crippen LogP contribution in [0.5, 0.6) is 0 Å². The maximum Gasteiger partial charge on any atom is 0.238 e. The van der Waals surface area contributed by atoms with E-state index in [1.807, 2.05) is 66.7 Å². The van der Waals surface area contributed by atoms with Gasteiger partial charge in [-0.25, -0.2) is 0 Å². The molecule has 3 aromatic rings. The fraction of sp³-hybridized carbons (Fsp3) is 0.167. The lowest BCUT2D eigenvalue weighted by molar-refractivity contribution is -0.126. The highest BCUT2D eigenvalue weighted by atomic mass is 16.2. The summed E-state index contributed by atoms with van der Waals surface area (Å²) in [6, 6.07) is 28.8. The Hall–Kier alpha value is -3.20. The molecule has 0 unspecified atom stereocenters. The van der Waals surface area contributed by atoms with Gasteiger partial charge in [-0.15, -0.1) is 0 Å². The Morgan fingerprint density at radius 2 is 1.15 bits per heavy atom. The van der Waals surface area contributed by atoms with Crippen LogP contribution in [0.15, 0.2) is 91.0 Å². The second kappa shape index (κ2) is 9.48. The molecule has 0 spiro atoms. The van der Waals surface area contributed by atoms with E-state index >= 15 is 0 Å². The standard InChI is InChI=1S/C24H23NO2/c26-23(18-10-15-20-11-4-1-5-12-20)25(22-16-8-3-9-17-22)24(27)19-21-13-6-2-7-14-21/h1-9,11-14,16-17H,10,15,18-19H2. The van der Waals surface area contributed by atoms with Gasteiger partial charge in [0.1, 0.15) is 0 Å². The number of amides is 2.